The first-order valence-electron chi connectivity index (χ1n) is 8.47. The van der Waals surface area contributed by atoms with Gasteiger partial charge in [-0.1, -0.05) is 12.1 Å². The summed E-state index contributed by atoms with van der Waals surface area (Å²) in [6.45, 7) is 4.07. The third-order valence-electron chi connectivity index (χ3n) is 4.64. The predicted molar refractivity (Wildman–Crippen MR) is 88.8 cm³/mol. The molecule has 2 heterocycles. The largest absolute Gasteiger partial charge is 0.342 e. The second kappa shape index (κ2) is 7.55. The highest BCUT2D eigenvalue weighted by Gasteiger charge is 2.26. The van der Waals surface area contributed by atoms with E-state index in [0.29, 0.717) is 24.4 Å². The molecule has 5 nitrogen and oxygen atoms in total. The molecule has 24 heavy (non-hydrogen) atoms. The van der Waals surface area contributed by atoms with Crippen LogP contribution in [0.1, 0.15) is 30.4 Å². The average Bonchev–Trinajstić information content (AvgIpc) is 3.23. The zero-order valence-electron chi connectivity index (χ0n) is 14.0. The fourth-order valence-corrected chi connectivity index (χ4v) is 3.22. The molecule has 1 unspecified atom stereocenters. The van der Waals surface area contributed by atoms with E-state index in [1.54, 1.807) is 24.0 Å². The van der Waals surface area contributed by atoms with E-state index < -0.39 is 0 Å². The number of carbonyl (C=O) groups excluding carboxylic acids is 1. The lowest BCUT2D eigenvalue weighted by Gasteiger charge is -2.16. The topological polar surface area (TPSA) is 51.0 Å². The standard InChI is InChI=1S/C18H23FN4O/c1-14-4-5-15(10-17(14)19)9-16-6-8-22(11-16)18(24)3-2-7-23-13-20-12-21-23/h4-5,10,12-13,16H,2-3,6-9,11H2,1H3. The highest BCUT2D eigenvalue weighted by molar-refractivity contribution is 5.76. The first-order chi connectivity index (χ1) is 11.6. The molecule has 1 aromatic heterocycles. The molecule has 1 fully saturated rings. The number of hydrogen-bond acceptors (Lipinski definition) is 3. The molecule has 128 valence electrons. The molecule has 0 aliphatic carbocycles. The van der Waals surface area contributed by atoms with Crippen LogP contribution in [0.25, 0.3) is 0 Å². The molecule has 1 aliphatic heterocycles. The molecule has 0 bridgehead atoms. The van der Waals surface area contributed by atoms with Crippen LogP contribution in [0.2, 0.25) is 0 Å². The van der Waals surface area contributed by atoms with Crippen molar-refractivity contribution >= 4 is 5.91 Å². The van der Waals surface area contributed by atoms with E-state index >= 15 is 0 Å². The molecule has 0 spiro atoms. The number of benzene rings is 1. The zero-order valence-corrected chi connectivity index (χ0v) is 14.0. The summed E-state index contributed by atoms with van der Waals surface area (Å²) in [4.78, 5) is 18.1. The maximum Gasteiger partial charge on any atom is 0.222 e. The molecule has 0 saturated carbocycles. The number of nitrogens with zero attached hydrogens (tertiary/aromatic N) is 4. The minimum absolute atomic E-state index is 0.147. The Balaban J connectivity index is 1.44. The van der Waals surface area contributed by atoms with E-state index in [-0.39, 0.29) is 11.7 Å². The average molecular weight is 330 g/mol. The van der Waals surface area contributed by atoms with Crippen molar-refractivity contribution in [1.82, 2.24) is 19.7 Å². The molecule has 2 aromatic rings. The van der Waals surface area contributed by atoms with E-state index in [9.17, 15) is 9.18 Å². The second-order valence-electron chi connectivity index (χ2n) is 6.54. The molecular weight excluding hydrogens is 307 g/mol. The number of rotatable bonds is 6. The normalized spacial score (nSPS) is 17.4. The van der Waals surface area contributed by atoms with Crippen LogP contribution in [0.5, 0.6) is 0 Å². The summed E-state index contributed by atoms with van der Waals surface area (Å²) in [5, 5.41) is 4.03. The molecule has 1 atom stereocenters. The van der Waals surface area contributed by atoms with Crippen molar-refractivity contribution in [1.29, 1.82) is 0 Å². The minimum Gasteiger partial charge on any atom is -0.342 e. The van der Waals surface area contributed by atoms with Crippen LogP contribution in [0, 0.1) is 18.7 Å². The van der Waals surface area contributed by atoms with Crippen LogP contribution in [0.4, 0.5) is 4.39 Å². The van der Waals surface area contributed by atoms with E-state index in [0.717, 1.165) is 37.9 Å². The van der Waals surface area contributed by atoms with Crippen molar-refractivity contribution in [2.45, 2.75) is 39.2 Å². The minimum atomic E-state index is -0.147. The van der Waals surface area contributed by atoms with Gasteiger partial charge in [-0.25, -0.2) is 9.37 Å². The van der Waals surface area contributed by atoms with Gasteiger partial charge in [0.25, 0.3) is 0 Å². The van der Waals surface area contributed by atoms with Gasteiger partial charge in [0.1, 0.15) is 18.5 Å². The highest BCUT2D eigenvalue weighted by Crippen LogP contribution is 2.22. The highest BCUT2D eigenvalue weighted by atomic mass is 19.1. The number of carbonyl (C=O) groups is 1. The lowest BCUT2D eigenvalue weighted by Crippen LogP contribution is -2.29. The second-order valence-corrected chi connectivity index (χ2v) is 6.54. The van der Waals surface area contributed by atoms with Gasteiger partial charge in [-0.15, -0.1) is 0 Å². The third kappa shape index (κ3) is 4.19. The molecule has 6 heteroatoms. The number of hydrogen-bond donors (Lipinski definition) is 0. The Bertz CT molecular complexity index is 686. The Morgan fingerprint density at radius 1 is 1.42 bits per heavy atom. The first-order valence-corrected chi connectivity index (χ1v) is 8.47. The fraction of sp³-hybridized carbons (Fsp3) is 0.500. The van der Waals surface area contributed by atoms with Crippen LogP contribution in [0.15, 0.2) is 30.9 Å². The summed E-state index contributed by atoms with van der Waals surface area (Å²) in [6.07, 6.45) is 6.29. The Labute approximate surface area is 141 Å². The van der Waals surface area contributed by atoms with Gasteiger partial charge in [0.05, 0.1) is 0 Å². The van der Waals surface area contributed by atoms with Crippen molar-refractivity contribution in [3.63, 3.8) is 0 Å². The number of aryl methyl sites for hydroxylation is 2. The fourth-order valence-electron chi connectivity index (χ4n) is 3.22. The van der Waals surface area contributed by atoms with E-state index in [1.165, 1.54) is 6.33 Å². The van der Waals surface area contributed by atoms with Gasteiger partial charge in [0, 0.05) is 26.1 Å². The van der Waals surface area contributed by atoms with E-state index in [2.05, 4.69) is 10.1 Å². The number of halogens is 1. The molecule has 0 radical (unpaired) electrons. The lowest BCUT2D eigenvalue weighted by atomic mass is 9.98. The number of amides is 1. The molecule has 1 aliphatic rings. The molecular formula is C18H23FN4O. The van der Waals surface area contributed by atoms with E-state index in [1.807, 2.05) is 17.0 Å². The van der Waals surface area contributed by atoms with Gasteiger partial charge in [-0.3, -0.25) is 9.48 Å². The van der Waals surface area contributed by atoms with Crippen molar-refractivity contribution < 1.29 is 9.18 Å². The number of likely N-dealkylation sites (tertiary alicyclic amines) is 1. The van der Waals surface area contributed by atoms with Gasteiger partial charge in [-0.2, -0.15) is 5.10 Å². The van der Waals surface area contributed by atoms with Gasteiger partial charge in [0.2, 0.25) is 5.91 Å². The van der Waals surface area contributed by atoms with E-state index in [4.69, 9.17) is 0 Å². The predicted octanol–water partition coefficient (Wildman–Crippen LogP) is 2.60. The molecule has 3 rings (SSSR count). The van der Waals surface area contributed by atoms with Crippen LogP contribution in [0.3, 0.4) is 0 Å². The Morgan fingerprint density at radius 3 is 3.04 bits per heavy atom. The van der Waals surface area contributed by atoms with Gasteiger partial charge < -0.3 is 4.90 Å². The van der Waals surface area contributed by atoms with Gasteiger partial charge in [-0.05, 0) is 49.3 Å². The van der Waals surface area contributed by atoms with Crippen molar-refractivity contribution in [2.75, 3.05) is 13.1 Å². The number of aromatic nitrogens is 3. The summed E-state index contributed by atoms with van der Waals surface area (Å²) in [5.41, 5.74) is 1.69. The molecule has 0 N–H and O–H groups in total. The Hall–Kier alpha value is -2.24. The Kier molecular flexibility index (Phi) is 5.23. The Morgan fingerprint density at radius 2 is 2.29 bits per heavy atom. The quantitative estimate of drug-likeness (QED) is 0.818. The maximum absolute atomic E-state index is 13.6. The van der Waals surface area contributed by atoms with Crippen LogP contribution < -0.4 is 0 Å². The molecule has 1 saturated heterocycles. The van der Waals surface area contributed by atoms with Crippen molar-refractivity contribution in [3.8, 4) is 0 Å². The van der Waals surface area contributed by atoms with Gasteiger partial charge >= 0.3 is 0 Å². The zero-order chi connectivity index (χ0) is 16.9. The monoisotopic (exact) mass is 330 g/mol. The van der Waals surface area contributed by atoms with Crippen LogP contribution in [-0.4, -0.2) is 38.7 Å². The SMILES string of the molecule is Cc1ccc(CC2CCN(C(=O)CCCn3cncn3)C2)cc1F. The van der Waals surface area contributed by atoms with Crippen molar-refractivity contribution in [3.05, 3.63) is 47.8 Å². The van der Waals surface area contributed by atoms with Gasteiger partial charge in [0.15, 0.2) is 0 Å². The summed E-state index contributed by atoms with van der Waals surface area (Å²) in [6, 6.07) is 5.44. The summed E-state index contributed by atoms with van der Waals surface area (Å²) >= 11 is 0. The van der Waals surface area contributed by atoms with Crippen LogP contribution >= 0.6 is 0 Å². The summed E-state index contributed by atoms with van der Waals surface area (Å²) < 4.78 is 15.4. The smallest absolute Gasteiger partial charge is 0.222 e. The molecule has 1 aromatic carbocycles. The van der Waals surface area contributed by atoms with Crippen LogP contribution in [-0.2, 0) is 17.8 Å². The summed E-state index contributed by atoms with van der Waals surface area (Å²) in [5.74, 6) is 0.477. The first kappa shape index (κ1) is 16.6. The lowest BCUT2D eigenvalue weighted by molar-refractivity contribution is -0.130. The molecule has 1 amide bonds. The maximum atomic E-state index is 13.6. The third-order valence-corrected chi connectivity index (χ3v) is 4.64. The van der Waals surface area contributed by atoms with Crippen molar-refractivity contribution in [2.24, 2.45) is 5.92 Å². The summed E-state index contributed by atoms with van der Waals surface area (Å²) in [7, 11) is 0.